The number of nitrogens with zero attached hydrogens (tertiary/aromatic N) is 1. The summed E-state index contributed by atoms with van der Waals surface area (Å²) in [7, 11) is 0. The summed E-state index contributed by atoms with van der Waals surface area (Å²) in [5, 5.41) is 28.3. The fraction of sp³-hybridized carbons (Fsp3) is 0.750. The molecule has 3 N–H and O–H groups in total. The van der Waals surface area contributed by atoms with Gasteiger partial charge in [0.25, 0.3) is 0 Å². The first kappa shape index (κ1) is 11.9. The summed E-state index contributed by atoms with van der Waals surface area (Å²) in [6, 6.07) is 1.83. The van der Waals surface area contributed by atoms with Crippen LogP contribution in [0.25, 0.3) is 0 Å². The van der Waals surface area contributed by atoms with E-state index in [1.807, 2.05) is 6.07 Å². The van der Waals surface area contributed by atoms with Crippen LogP contribution < -0.4 is 5.32 Å². The number of hydrogen-bond acceptors (Lipinski definition) is 4. The van der Waals surface area contributed by atoms with Gasteiger partial charge in [0.1, 0.15) is 5.41 Å². The minimum atomic E-state index is -1.10. The summed E-state index contributed by atoms with van der Waals surface area (Å²) in [4.78, 5) is 11.2. The minimum absolute atomic E-state index is 0.0412. The van der Waals surface area contributed by atoms with Crippen LogP contribution in [0.4, 0.5) is 0 Å². The molecule has 0 spiro atoms. The van der Waals surface area contributed by atoms with E-state index in [9.17, 15) is 4.79 Å². The molecule has 0 aromatic heterocycles. The number of aliphatic hydroxyl groups is 2. The van der Waals surface area contributed by atoms with Gasteiger partial charge in [0.15, 0.2) is 0 Å². The average Bonchev–Trinajstić information content (AvgIpc) is 2.13. The lowest BCUT2D eigenvalue weighted by Gasteiger charge is -2.16. The molecule has 5 nitrogen and oxygen atoms in total. The van der Waals surface area contributed by atoms with Gasteiger partial charge in [-0.3, -0.25) is 4.79 Å². The molecule has 0 rings (SSSR count). The molecule has 0 aliphatic rings. The topological polar surface area (TPSA) is 93.4 Å². The number of carbonyl (C=O) groups is 1. The van der Waals surface area contributed by atoms with Crippen molar-refractivity contribution in [2.75, 3.05) is 13.2 Å². The van der Waals surface area contributed by atoms with Crippen molar-refractivity contribution in [2.45, 2.75) is 20.0 Å². The van der Waals surface area contributed by atoms with E-state index in [2.05, 4.69) is 5.32 Å². The Balaban J connectivity index is 3.97. The summed E-state index contributed by atoms with van der Waals surface area (Å²) in [6.45, 7) is 2.51. The highest BCUT2D eigenvalue weighted by molar-refractivity contribution is 5.84. The number of carbonyl (C=O) groups excluding carboxylic acids is 1. The number of nitriles is 1. The third-order valence-electron chi connectivity index (χ3n) is 1.56. The summed E-state index contributed by atoms with van der Waals surface area (Å²) in [5.74, 6) is -0.456. The van der Waals surface area contributed by atoms with E-state index in [4.69, 9.17) is 15.5 Å². The molecule has 0 bridgehead atoms. The molecule has 1 amide bonds. The zero-order chi connectivity index (χ0) is 10.5. The lowest BCUT2D eigenvalue weighted by molar-refractivity contribution is -0.127. The molecule has 0 radical (unpaired) electrons. The minimum Gasteiger partial charge on any atom is -0.394 e. The van der Waals surface area contributed by atoms with E-state index in [0.717, 1.165) is 0 Å². The molecule has 0 fully saturated rings. The summed E-state index contributed by atoms with van der Waals surface area (Å²) in [5.41, 5.74) is -1.10. The summed E-state index contributed by atoms with van der Waals surface area (Å²) in [6.07, 6.45) is -0.974. The maximum Gasteiger partial charge on any atom is 0.239 e. The highest BCUT2D eigenvalue weighted by atomic mass is 16.3. The van der Waals surface area contributed by atoms with Crippen molar-refractivity contribution >= 4 is 5.91 Å². The van der Waals surface area contributed by atoms with Gasteiger partial charge in [-0.25, -0.2) is 0 Å². The fourth-order valence-electron chi connectivity index (χ4n) is 0.547. The lowest BCUT2D eigenvalue weighted by Crippen LogP contribution is -2.40. The SMILES string of the molecule is CC(C)(C#N)C(=O)NCC(O)CO. The quantitative estimate of drug-likeness (QED) is 0.525. The Hall–Kier alpha value is -1.12. The van der Waals surface area contributed by atoms with Crippen molar-refractivity contribution in [1.29, 1.82) is 5.26 Å². The predicted octanol–water partition coefficient (Wildman–Crippen LogP) is -0.994. The first-order valence-electron chi connectivity index (χ1n) is 3.92. The number of hydrogen-bond donors (Lipinski definition) is 3. The largest absolute Gasteiger partial charge is 0.394 e. The molecular weight excluding hydrogens is 172 g/mol. The standard InChI is InChI=1S/C8H14N2O3/c1-8(2,5-9)7(13)10-3-6(12)4-11/h6,11-12H,3-4H2,1-2H3,(H,10,13). The zero-order valence-corrected chi connectivity index (χ0v) is 7.74. The van der Waals surface area contributed by atoms with Gasteiger partial charge in [-0.1, -0.05) is 0 Å². The van der Waals surface area contributed by atoms with E-state index >= 15 is 0 Å². The molecule has 1 unspecified atom stereocenters. The van der Waals surface area contributed by atoms with Crippen LogP contribution in [0.2, 0.25) is 0 Å². The second kappa shape index (κ2) is 4.80. The van der Waals surface area contributed by atoms with Gasteiger partial charge in [0.05, 0.1) is 18.8 Å². The third-order valence-corrected chi connectivity index (χ3v) is 1.56. The van der Waals surface area contributed by atoms with Crippen molar-refractivity contribution in [1.82, 2.24) is 5.32 Å². The molecule has 0 aromatic carbocycles. The van der Waals surface area contributed by atoms with Gasteiger partial charge in [-0.15, -0.1) is 0 Å². The van der Waals surface area contributed by atoms with Gasteiger partial charge < -0.3 is 15.5 Å². The molecule has 0 aliphatic carbocycles. The molecule has 1 atom stereocenters. The van der Waals surface area contributed by atoms with Crippen LogP contribution in [0.5, 0.6) is 0 Å². The van der Waals surface area contributed by atoms with E-state index in [1.165, 1.54) is 13.8 Å². The Morgan fingerprint density at radius 1 is 1.69 bits per heavy atom. The van der Waals surface area contributed by atoms with E-state index < -0.39 is 24.0 Å². The van der Waals surface area contributed by atoms with Crippen molar-refractivity contribution in [3.63, 3.8) is 0 Å². The highest BCUT2D eigenvalue weighted by Gasteiger charge is 2.27. The van der Waals surface area contributed by atoms with Crippen LogP contribution >= 0.6 is 0 Å². The Kier molecular flexibility index (Phi) is 4.38. The number of aliphatic hydroxyl groups excluding tert-OH is 2. The zero-order valence-electron chi connectivity index (χ0n) is 7.74. The third kappa shape index (κ3) is 3.87. The monoisotopic (exact) mass is 186 g/mol. The lowest BCUT2D eigenvalue weighted by atomic mass is 9.95. The Bertz CT molecular complexity index is 220. The first-order valence-corrected chi connectivity index (χ1v) is 3.92. The van der Waals surface area contributed by atoms with Gasteiger partial charge in [-0.2, -0.15) is 5.26 Å². The molecule has 0 saturated heterocycles. The Morgan fingerprint density at radius 2 is 2.23 bits per heavy atom. The molecule has 0 saturated carbocycles. The highest BCUT2D eigenvalue weighted by Crippen LogP contribution is 2.12. The molecular formula is C8H14N2O3. The molecule has 0 aromatic rings. The predicted molar refractivity (Wildman–Crippen MR) is 45.5 cm³/mol. The number of nitrogens with one attached hydrogen (secondary N) is 1. The second-order valence-corrected chi connectivity index (χ2v) is 3.28. The van der Waals surface area contributed by atoms with Crippen LogP contribution in [-0.2, 0) is 4.79 Å². The van der Waals surface area contributed by atoms with Crippen LogP contribution in [0.3, 0.4) is 0 Å². The maximum absolute atomic E-state index is 11.2. The summed E-state index contributed by atoms with van der Waals surface area (Å²) < 4.78 is 0. The van der Waals surface area contributed by atoms with Crippen molar-refractivity contribution in [2.24, 2.45) is 5.41 Å². The Labute approximate surface area is 77.0 Å². The van der Waals surface area contributed by atoms with E-state index in [0.29, 0.717) is 0 Å². The smallest absolute Gasteiger partial charge is 0.239 e. The van der Waals surface area contributed by atoms with Crippen LogP contribution in [0, 0.1) is 16.7 Å². The average molecular weight is 186 g/mol. The molecule has 0 heterocycles. The van der Waals surface area contributed by atoms with Crippen molar-refractivity contribution < 1.29 is 15.0 Å². The molecule has 5 heteroatoms. The fourth-order valence-corrected chi connectivity index (χ4v) is 0.547. The van der Waals surface area contributed by atoms with E-state index in [1.54, 1.807) is 0 Å². The van der Waals surface area contributed by atoms with E-state index in [-0.39, 0.29) is 6.54 Å². The van der Waals surface area contributed by atoms with Gasteiger partial charge in [0.2, 0.25) is 5.91 Å². The van der Waals surface area contributed by atoms with Gasteiger partial charge in [0, 0.05) is 6.54 Å². The number of rotatable bonds is 4. The maximum atomic E-state index is 11.2. The van der Waals surface area contributed by atoms with Crippen molar-refractivity contribution in [3.8, 4) is 6.07 Å². The van der Waals surface area contributed by atoms with Gasteiger partial charge in [-0.05, 0) is 13.8 Å². The second-order valence-electron chi connectivity index (χ2n) is 3.28. The van der Waals surface area contributed by atoms with Crippen molar-refractivity contribution in [3.05, 3.63) is 0 Å². The molecule has 13 heavy (non-hydrogen) atoms. The molecule has 74 valence electrons. The van der Waals surface area contributed by atoms with Crippen LogP contribution in [0.15, 0.2) is 0 Å². The molecule has 0 aliphatic heterocycles. The van der Waals surface area contributed by atoms with Crippen LogP contribution in [0.1, 0.15) is 13.8 Å². The first-order chi connectivity index (χ1) is 5.94. The summed E-state index contributed by atoms with van der Waals surface area (Å²) >= 11 is 0. The normalized spacial score (nSPS) is 13.2. The Morgan fingerprint density at radius 3 is 2.62 bits per heavy atom. The van der Waals surface area contributed by atoms with Crippen LogP contribution in [-0.4, -0.2) is 35.4 Å². The van der Waals surface area contributed by atoms with Gasteiger partial charge >= 0.3 is 0 Å². The number of amides is 1.